The first-order valence-corrected chi connectivity index (χ1v) is 5.69. The van der Waals surface area contributed by atoms with Gasteiger partial charge in [-0.25, -0.2) is 0 Å². The monoisotopic (exact) mass is 214 g/mol. The third-order valence-corrected chi connectivity index (χ3v) is 3.34. The van der Waals surface area contributed by atoms with Crippen LogP contribution in [0.2, 0.25) is 0 Å². The number of hydrogen-bond acceptors (Lipinski definition) is 3. The van der Waals surface area contributed by atoms with E-state index in [0.717, 1.165) is 38.9 Å². The largest absolute Gasteiger partial charge is 0.481 e. The fourth-order valence-corrected chi connectivity index (χ4v) is 2.38. The van der Waals surface area contributed by atoms with E-state index in [0.29, 0.717) is 12.5 Å². The van der Waals surface area contributed by atoms with E-state index in [1.165, 1.54) is 0 Å². The smallest absolute Gasteiger partial charge is 0.309 e. The van der Waals surface area contributed by atoms with Crippen LogP contribution >= 0.6 is 0 Å². The number of ether oxygens (including phenoxy) is 2. The average Bonchev–Trinajstić information content (AvgIpc) is 2.86. The topological polar surface area (TPSA) is 55.8 Å². The molecule has 2 aliphatic rings. The van der Waals surface area contributed by atoms with Crippen LogP contribution in [0.4, 0.5) is 0 Å². The fraction of sp³-hybridized carbons (Fsp3) is 0.909. The van der Waals surface area contributed by atoms with E-state index >= 15 is 0 Å². The molecule has 1 aliphatic heterocycles. The number of carboxylic acid groups (broad SMARTS) is 1. The zero-order valence-electron chi connectivity index (χ0n) is 8.85. The third kappa shape index (κ3) is 2.69. The Morgan fingerprint density at radius 3 is 2.93 bits per heavy atom. The molecule has 4 heteroatoms. The minimum Gasteiger partial charge on any atom is -0.481 e. The Balaban J connectivity index is 1.75. The number of carbonyl (C=O) groups is 1. The summed E-state index contributed by atoms with van der Waals surface area (Å²) in [7, 11) is 0. The van der Waals surface area contributed by atoms with Crippen molar-refractivity contribution < 1.29 is 19.4 Å². The Hall–Kier alpha value is -0.610. The van der Waals surface area contributed by atoms with E-state index in [-0.39, 0.29) is 12.0 Å². The maximum atomic E-state index is 10.9. The molecule has 2 rings (SSSR count). The third-order valence-electron chi connectivity index (χ3n) is 3.34. The Labute approximate surface area is 89.6 Å². The summed E-state index contributed by atoms with van der Waals surface area (Å²) in [5, 5.41) is 8.97. The van der Waals surface area contributed by atoms with E-state index < -0.39 is 5.97 Å². The first-order chi connectivity index (χ1) is 7.27. The molecule has 86 valence electrons. The summed E-state index contributed by atoms with van der Waals surface area (Å²) in [5.41, 5.74) is 0. The molecule has 3 atom stereocenters. The van der Waals surface area contributed by atoms with Crippen LogP contribution in [-0.2, 0) is 14.3 Å². The van der Waals surface area contributed by atoms with Crippen LogP contribution in [0, 0.1) is 11.8 Å². The van der Waals surface area contributed by atoms with Gasteiger partial charge in [-0.15, -0.1) is 0 Å². The van der Waals surface area contributed by atoms with E-state index in [1.807, 2.05) is 0 Å². The molecule has 1 N–H and O–H groups in total. The lowest BCUT2D eigenvalue weighted by Gasteiger charge is -2.18. The van der Waals surface area contributed by atoms with Gasteiger partial charge in [0.05, 0.1) is 25.2 Å². The zero-order chi connectivity index (χ0) is 10.7. The molecule has 0 aromatic carbocycles. The lowest BCUT2D eigenvalue weighted by atomic mass is 10.1. The standard InChI is InChI=1S/C11H18O4/c12-11(13)9-2-1-3-10(9)15-7-8-4-5-14-6-8/h8-10H,1-7H2,(H,12,13). The summed E-state index contributed by atoms with van der Waals surface area (Å²) in [6.07, 6.45) is 3.61. The van der Waals surface area contributed by atoms with Crippen LogP contribution in [0.1, 0.15) is 25.7 Å². The van der Waals surface area contributed by atoms with Gasteiger partial charge >= 0.3 is 5.97 Å². The molecule has 0 aromatic rings. The van der Waals surface area contributed by atoms with Crippen LogP contribution < -0.4 is 0 Å². The molecule has 1 heterocycles. The fourth-order valence-electron chi connectivity index (χ4n) is 2.38. The molecule has 0 aromatic heterocycles. The zero-order valence-corrected chi connectivity index (χ0v) is 8.85. The van der Waals surface area contributed by atoms with Gasteiger partial charge < -0.3 is 14.6 Å². The van der Waals surface area contributed by atoms with Gasteiger partial charge in [0.25, 0.3) is 0 Å². The van der Waals surface area contributed by atoms with E-state index in [9.17, 15) is 4.79 Å². The summed E-state index contributed by atoms with van der Waals surface area (Å²) in [6.45, 7) is 2.25. The van der Waals surface area contributed by atoms with Gasteiger partial charge in [0, 0.05) is 12.5 Å². The van der Waals surface area contributed by atoms with Crippen molar-refractivity contribution in [3.63, 3.8) is 0 Å². The summed E-state index contributed by atoms with van der Waals surface area (Å²) in [6, 6.07) is 0. The van der Waals surface area contributed by atoms with Gasteiger partial charge in [-0.05, 0) is 25.7 Å². The molecule has 4 nitrogen and oxygen atoms in total. The van der Waals surface area contributed by atoms with Gasteiger partial charge in [-0.3, -0.25) is 4.79 Å². The summed E-state index contributed by atoms with van der Waals surface area (Å²) in [5.74, 6) is -0.521. The Kier molecular flexibility index (Phi) is 3.59. The minimum absolute atomic E-state index is 0.0666. The predicted molar refractivity (Wildman–Crippen MR) is 53.6 cm³/mol. The number of aliphatic carboxylic acids is 1. The second-order valence-corrected chi connectivity index (χ2v) is 4.48. The van der Waals surface area contributed by atoms with Crippen LogP contribution in [0.25, 0.3) is 0 Å². The molecule has 1 aliphatic carbocycles. The first kappa shape index (κ1) is 10.9. The molecule has 0 amide bonds. The number of hydrogen-bond donors (Lipinski definition) is 1. The SMILES string of the molecule is O=C(O)C1CCCC1OCC1CCOC1. The Morgan fingerprint density at radius 1 is 1.40 bits per heavy atom. The summed E-state index contributed by atoms with van der Waals surface area (Å²) >= 11 is 0. The molecular formula is C11H18O4. The highest BCUT2D eigenvalue weighted by Gasteiger charge is 2.34. The van der Waals surface area contributed by atoms with Crippen LogP contribution in [0.3, 0.4) is 0 Å². The first-order valence-electron chi connectivity index (χ1n) is 5.69. The van der Waals surface area contributed by atoms with Crippen LogP contribution in [-0.4, -0.2) is 37.0 Å². The Bertz CT molecular complexity index is 223. The average molecular weight is 214 g/mol. The maximum Gasteiger partial charge on any atom is 0.309 e. The molecule has 0 spiro atoms. The molecule has 3 unspecified atom stereocenters. The van der Waals surface area contributed by atoms with Crippen molar-refractivity contribution >= 4 is 5.97 Å². The van der Waals surface area contributed by atoms with E-state index in [2.05, 4.69) is 0 Å². The van der Waals surface area contributed by atoms with Crippen molar-refractivity contribution in [2.75, 3.05) is 19.8 Å². The van der Waals surface area contributed by atoms with Gasteiger partial charge in [-0.1, -0.05) is 0 Å². The summed E-state index contributed by atoms with van der Waals surface area (Å²) in [4.78, 5) is 10.9. The molecular weight excluding hydrogens is 196 g/mol. The number of carboxylic acids is 1. The predicted octanol–water partition coefficient (Wildman–Crippen LogP) is 1.29. The lowest BCUT2D eigenvalue weighted by molar-refractivity contribution is -0.146. The molecule has 0 bridgehead atoms. The minimum atomic E-state index is -0.708. The highest BCUT2D eigenvalue weighted by molar-refractivity contribution is 5.71. The second kappa shape index (κ2) is 4.94. The quantitative estimate of drug-likeness (QED) is 0.766. The molecule has 2 fully saturated rings. The molecule has 1 saturated heterocycles. The van der Waals surface area contributed by atoms with Crippen molar-refractivity contribution in [2.24, 2.45) is 11.8 Å². The van der Waals surface area contributed by atoms with Gasteiger partial charge in [-0.2, -0.15) is 0 Å². The van der Waals surface area contributed by atoms with Gasteiger partial charge in [0.1, 0.15) is 0 Å². The van der Waals surface area contributed by atoms with Gasteiger partial charge in [0.15, 0.2) is 0 Å². The van der Waals surface area contributed by atoms with Crippen molar-refractivity contribution in [1.82, 2.24) is 0 Å². The lowest BCUT2D eigenvalue weighted by Crippen LogP contribution is -2.27. The van der Waals surface area contributed by atoms with Crippen molar-refractivity contribution in [2.45, 2.75) is 31.8 Å². The normalized spacial score (nSPS) is 35.9. The maximum absolute atomic E-state index is 10.9. The second-order valence-electron chi connectivity index (χ2n) is 4.48. The Morgan fingerprint density at radius 2 is 2.27 bits per heavy atom. The molecule has 15 heavy (non-hydrogen) atoms. The van der Waals surface area contributed by atoms with E-state index in [4.69, 9.17) is 14.6 Å². The molecule has 0 radical (unpaired) electrons. The number of rotatable bonds is 4. The van der Waals surface area contributed by atoms with Gasteiger partial charge in [0.2, 0.25) is 0 Å². The van der Waals surface area contributed by atoms with E-state index in [1.54, 1.807) is 0 Å². The van der Waals surface area contributed by atoms with Crippen LogP contribution in [0.15, 0.2) is 0 Å². The van der Waals surface area contributed by atoms with Crippen molar-refractivity contribution in [3.8, 4) is 0 Å². The highest BCUT2D eigenvalue weighted by atomic mass is 16.5. The molecule has 1 saturated carbocycles. The van der Waals surface area contributed by atoms with Crippen LogP contribution in [0.5, 0.6) is 0 Å². The van der Waals surface area contributed by atoms with Crippen molar-refractivity contribution in [3.05, 3.63) is 0 Å². The highest BCUT2D eigenvalue weighted by Crippen LogP contribution is 2.29. The van der Waals surface area contributed by atoms with Crippen molar-refractivity contribution in [1.29, 1.82) is 0 Å². The summed E-state index contributed by atoms with van der Waals surface area (Å²) < 4.78 is 11.0.